The number of nitrogen functional groups attached to an aromatic ring is 1. The number of rotatable bonds is 4. The SMILES string of the molecule is CN1CCN(C(=O)c2cc(NC(=O)c3cc(-c4cnc(N)nc4)ccc3F)cc(C(F)(F)F)c2)CC1. The van der Waals surface area contributed by atoms with Crippen molar-refractivity contribution in [1.82, 2.24) is 19.8 Å². The van der Waals surface area contributed by atoms with Crippen molar-refractivity contribution < 1.29 is 27.2 Å². The Morgan fingerprint density at radius 1 is 0.972 bits per heavy atom. The summed E-state index contributed by atoms with van der Waals surface area (Å²) in [6, 6.07) is 6.28. The molecule has 2 amide bonds. The molecule has 1 fully saturated rings. The van der Waals surface area contributed by atoms with Crippen LogP contribution in [0.4, 0.5) is 29.2 Å². The lowest BCUT2D eigenvalue weighted by Gasteiger charge is -2.32. The van der Waals surface area contributed by atoms with Crippen LogP contribution in [0.25, 0.3) is 11.1 Å². The summed E-state index contributed by atoms with van der Waals surface area (Å²) in [6.07, 6.45) is -1.99. The van der Waals surface area contributed by atoms with Gasteiger partial charge < -0.3 is 20.9 Å². The summed E-state index contributed by atoms with van der Waals surface area (Å²) in [5.41, 5.74) is 4.30. The van der Waals surface area contributed by atoms with Crippen molar-refractivity contribution in [2.24, 2.45) is 0 Å². The first-order chi connectivity index (χ1) is 17.0. The quantitative estimate of drug-likeness (QED) is 0.529. The fraction of sp³-hybridized carbons (Fsp3) is 0.250. The van der Waals surface area contributed by atoms with E-state index in [0.29, 0.717) is 43.4 Å². The number of hydrogen-bond acceptors (Lipinski definition) is 6. The van der Waals surface area contributed by atoms with Gasteiger partial charge >= 0.3 is 6.18 Å². The van der Waals surface area contributed by atoms with Gasteiger partial charge in [-0.25, -0.2) is 14.4 Å². The molecule has 8 nitrogen and oxygen atoms in total. The molecular formula is C24H22F4N6O2. The zero-order valence-corrected chi connectivity index (χ0v) is 19.1. The topological polar surface area (TPSA) is 104 Å². The van der Waals surface area contributed by atoms with Crippen molar-refractivity contribution in [3.63, 3.8) is 0 Å². The maximum Gasteiger partial charge on any atom is 0.416 e. The van der Waals surface area contributed by atoms with Crippen molar-refractivity contribution in [2.75, 3.05) is 44.3 Å². The normalized spacial score (nSPS) is 14.5. The zero-order valence-electron chi connectivity index (χ0n) is 19.1. The summed E-state index contributed by atoms with van der Waals surface area (Å²) in [5, 5.41) is 2.30. The highest BCUT2D eigenvalue weighted by Gasteiger charge is 2.33. The molecule has 1 aliphatic heterocycles. The molecule has 0 atom stereocenters. The minimum Gasteiger partial charge on any atom is -0.368 e. The number of alkyl halides is 3. The molecule has 0 unspecified atom stereocenters. The van der Waals surface area contributed by atoms with E-state index in [1.165, 1.54) is 29.4 Å². The second-order valence-corrected chi connectivity index (χ2v) is 8.37. The molecule has 3 aromatic rings. The first-order valence-electron chi connectivity index (χ1n) is 10.9. The van der Waals surface area contributed by atoms with Crippen LogP contribution in [0, 0.1) is 5.82 Å². The highest BCUT2D eigenvalue weighted by Crippen LogP contribution is 2.33. The van der Waals surface area contributed by atoms with Gasteiger partial charge in [0.2, 0.25) is 5.95 Å². The van der Waals surface area contributed by atoms with E-state index in [0.717, 1.165) is 18.2 Å². The van der Waals surface area contributed by atoms with E-state index in [1.54, 1.807) is 0 Å². The molecule has 12 heteroatoms. The summed E-state index contributed by atoms with van der Waals surface area (Å²) in [4.78, 5) is 36.9. The number of nitrogens with two attached hydrogens (primary N) is 1. The van der Waals surface area contributed by atoms with E-state index in [1.807, 2.05) is 11.9 Å². The van der Waals surface area contributed by atoms with Gasteiger partial charge in [0.25, 0.3) is 11.8 Å². The smallest absolute Gasteiger partial charge is 0.368 e. The number of hydrogen-bond donors (Lipinski definition) is 2. The Hall–Kier alpha value is -4.06. The number of likely N-dealkylation sites (N-methyl/N-ethyl adjacent to an activating group) is 1. The average molecular weight is 502 g/mol. The number of benzene rings is 2. The highest BCUT2D eigenvalue weighted by atomic mass is 19.4. The second kappa shape index (κ2) is 9.90. The molecule has 1 saturated heterocycles. The summed E-state index contributed by atoms with van der Waals surface area (Å²) in [5.74, 6) is -2.41. The third-order valence-corrected chi connectivity index (χ3v) is 5.77. The van der Waals surface area contributed by atoms with Crippen molar-refractivity contribution in [1.29, 1.82) is 0 Å². The number of halogens is 4. The van der Waals surface area contributed by atoms with Gasteiger partial charge in [0, 0.05) is 55.4 Å². The van der Waals surface area contributed by atoms with Crippen molar-refractivity contribution in [3.8, 4) is 11.1 Å². The van der Waals surface area contributed by atoms with Gasteiger partial charge in [0.05, 0.1) is 11.1 Å². The van der Waals surface area contributed by atoms with E-state index in [2.05, 4.69) is 15.3 Å². The minimum atomic E-state index is -4.77. The van der Waals surface area contributed by atoms with E-state index < -0.39 is 34.9 Å². The second-order valence-electron chi connectivity index (χ2n) is 8.37. The molecule has 0 aliphatic carbocycles. The van der Waals surface area contributed by atoms with Crippen molar-refractivity contribution >= 4 is 23.5 Å². The zero-order chi connectivity index (χ0) is 26.0. The van der Waals surface area contributed by atoms with Gasteiger partial charge in [-0.05, 0) is 42.9 Å². The maximum atomic E-state index is 14.5. The molecule has 1 aliphatic rings. The number of carbonyl (C=O) groups excluding carboxylic acids is 2. The van der Waals surface area contributed by atoms with E-state index in [9.17, 15) is 27.2 Å². The van der Waals surface area contributed by atoms with E-state index in [4.69, 9.17) is 5.73 Å². The van der Waals surface area contributed by atoms with Gasteiger partial charge in [0.15, 0.2) is 0 Å². The van der Waals surface area contributed by atoms with Crippen LogP contribution in [0.5, 0.6) is 0 Å². The lowest BCUT2D eigenvalue weighted by Crippen LogP contribution is -2.47. The van der Waals surface area contributed by atoms with Crippen LogP contribution in [-0.2, 0) is 6.18 Å². The minimum absolute atomic E-state index is 0.0327. The molecular weight excluding hydrogens is 480 g/mol. The first kappa shape index (κ1) is 25.0. The van der Waals surface area contributed by atoms with Crippen LogP contribution < -0.4 is 11.1 Å². The number of carbonyl (C=O) groups is 2. The largest absolute Gasteiger partial charge is 0.416 e. The standard InChI is InChI=1S/C24H22F4N6O2/c1-33-4-6-34(7-5-33)22(36)15-8-17(24(26,27)28)11-18(9-15)32-21(35)19-10-14(2-3-20(19)25)16-12-30-23(29)31-13-16/h2-3,8-13H,4-7H2,1H3,(H,32,35)(H2,29,30,31). The molecule has 0 saturated carbocycles. The molecule has 3 N–H and O–H groups in total. The van der Waals surface area contributed by atoms with Gasteiger partial charge in [-0.15, -0.1) is 0 Å². The van der Waals surface area contributed by atoms with E-state index >= 15 is 0 Å². The average Bonchev–Trinajstić information content (AvgIpc) is 2.84. The van der Waals surface area contributed by atoms with Crippen LogP contribution >= 0.6 is 0 Å². The number of nitrogens with one attached hydrogen (secondary N) is 1. The maximum absolute atomic E-state index is 14.5. The number of anilines is 2. The van der Waals surface area contributed by atoms with E-state index in [-0.39, 0.29) is 17.2 Å². The fourth-order valence-corrected chi connectivity index (χ4v) is 3.74. The predicted octanol–water partition coefficient (Wildman–Crippen LogP) is 3.52. The predicted molar refractivity (Wildman–Crippen MR) is 125 cm³/mol. The molecule has 4 rings (SSSR count). The van der Waals surface area contributed by atoms with Crippen molar-refractivity contribution in [3.05, 3.63) is 71.3 Å². The Balaban J connectivity index is 1.64. The molecule has 1 aromatic heterocycles. The van der Waals surface area contributed by atoms with Gasteiger partial charge in [-0.3, -0.25) is 9.59 Å². The number of amides is 2. The number of piperazine rings is 1. The molecule has 2 heterocycles. The van der Waals surface area contributed by atoms with Crippen LogP contribution in [0.3, 0.4) is 0 Å². The van der Waals surface area contributed by atoms with Crippen LogP contribution in [-0.4, -0.2) is 64.8 Å². The Bertz CT molecular complexity index is 1290. The van der Waals surface area contributed by atoms with Gasteiger partial charge in [-0.1, -0.05) is 6.07 Å². The Labute approximate surface area is 203 Å². The Kier molecular flexibility index (Phi) is 6.88. The number of nitrogens with zero attached hydrogens (tertiary/aromatic N) is 4. The third-order valence-electron chi connectivity index (χ3n) is 5.77. The van der Waals surface area contributed by atoms with Crippen LogP contribution in [0.2, 0.25) is 0 Å². The monoisotopic (exact) mass is 502 g/mol. The fourth-order valence-electron chi connectivity index (χ4n) is 3.74. The summed E-state index contributed by atoms with van der Waals surface area (Å²) >= 11 is 0. The molecule has 36 heavy (non-hydrogen) atoms. The Morgan fingerprint density at radius 2 is 1.64 bits per heavy atom. The van der Waals surface area contributed by atoms with Crippen LogP contribution in [0.15, 0.2) is 48.8 Å². The van der Waals surface area contributed by atoms with Crippen LogP contribution in [0.1, 0.15) is 26.3 Å². The molecule has 0 radical (unpaired) electrons. The third kappa shape index (κ3) is 5.60. The van der Waals surface area contributed by atoms with Crippen molar-refractivity contribution in [2.45, 2.75) is 6.18 Å². The molecule has 0 bridgehead atoms. The summed E-state index contributed by atoms with van der Waals surface area (Å²) < 4.78 is 55.2. The van der Waals surface area contributed by atoms with Gasteiger partial charge in [0.1, 0.15) is 5.82 Å². The Morgan fingerprint density at radius 3 is 2.28 bits per heavy atom. The summed E-state index contributed by atoms with van der Waals surface area (Å²) in [7, 11) is 1.88. The molecule has 0 spiro atoms. The first-order valence-corrected chi connectivity index (χ1v) is 10.9. The summed E-state index contributed by atoms with van der Waals surface area (Å²) in [6.45, 7) is 1.90. The highest BCUT2D eigenvalue weighted by molar-refractivity contribution is 6.06. The lowest BCUT2D eigenvalue weighted by atomic mass is 10.0. The number of aromatic nitrogens is 2. The lowest BCUT2D eigenvalue weighted by molar-refractivity contribution is -0.137. The molecule has 188 valence electrons. The molecule has 2 aromatic carbocycles. The van der Waals surface area contributed by atoms with Gasteiger partial charge in [-0.2, -0.15) is 13.2 Å².